The van der Waals surface area contributed by atoms with Crippen LogP contribution < -0.4 is 5.73 Å². The summed E-state index contributed by atoms with van der Waals surface area (Å²) in [4.78, 5) is 10.1. The second-order valence-electron chi connectivity index (χ2n) is 1.73. The first-order chi connectivity index (χ1) is 4.18. The van der Waals surface area contributed by atoms with E-state index in [2.05, 4.69) is 0 Å². The Balaban J connectivity index is -0.000000320. The van der Waals surface area contributed by atoms with E-state index in [9.17, 15) is 4.79 Å². The van der Waals surface area contributed by atoms with E-state index >= 15 is 0 Å². The molecule has 0 heterocycles. The molecule has 0 rings (SSSR count). The summed E-state index contributed by atoms with van der Waals surface area (Å²) < 4.78 is 0. The van der Waals surface area contributed by atoms with Crippen molar-refractivity contribution in [3.8, 4) is 0 Å². The fraction of sp³-hybridized carbons (Fsp3) is 0.800. The second kappa shape index (κ2) is 10.6. The van der Waals surface area contributed by atoms with Gasteiger partial charge < -0.3 is 10.8 Å². The third-order valence-corrected chi connectivity index (χ3v) is 1.59. The number of carbonyl (C=O) groups is 1. The molecule has 0 aliphatic carbocycles. The van der Waals surface area contributed by atoms with E-state index in [4.69, 9.17) is 10.8 Å². The molecule has 0 aromatic heterocycles. The van der Waals surface area contributed by atoms with Gasteiger partial charge >= 0.3 is 5.97 Å². The fourth-order valence-corrected chi connectivity index (χ4v) is 0.858. The van der Waals surface area contributed by atoms with Gasteiger partial charge in [-0.2, -0.15) is 11.8 Å². The number of thioether (sulfide) groups is 1. The molecule has 0 aliphatic rings. The Hall–Kier alpha value is 0.602. The van der Waals surface area contributed by atoms with Crippen molar-refractivity contribution in [2.45, 2.75) is 12.5 Å². The molecular formula is C5H12ClCrNO2S. The molecule has 0 saturated carbocycles. The molecule has 0 saturated heterocycles. The van der Waals surface area contributed by atoms with Crippen LogP contribution in [-0.4, -0.2) is 29.1 Å². The summed E-state index contributed by atoms with van der Waals surface area (Å²) in [5.74, 6) is -0.1000. The SMILES string of the molecule is CSCCC(N)C(=O)O.Cl.[Cr]. The van der Waals surface area contributed by atoms with Gasteiger partial charge in [0.25, 0.3) is 0 Å². The first-order valence-electron chi connectivity index (χ1n) is 2.65. The number of carboxylic acids is 1. The van der Waals surface area contributed by atoms with Crippen molar-refractivity contribution in [1.29, 1.82) is 0 Å². The van der Waals surface area contributed by atoms with Crippen LogP contribution in [0.5, 0.6) is 0 Å². The zero-order valence-corrected chi connectivity index (χ0v) is 9.06. The van der Waals surface area contributed by atoms with Gasteiger partial charge in [0.1, 0.15) is 6.04 Å². The Kier molecular flexibility index (Phi) is 17.0. The van der Waals surface area contributed by atoms with Gasteiger partial charge in [-0.15, -0.1) is 12.4 Å². The summed E-state index contributed by atoms with van der Waals surface area (Å²) in [5, 5.41) is 8.27. The van der Waals surface area contributed by atoms with Gasteiger partial charge in [0.05, 0.1) is 0 Å². The quantitative estimate of drug-likeness (QED) is 0.751. The zero-order chi connectivity index (χ0) is 7.28. The maximum absolute atomic E-state index is 10.1. The first kappa shape index (κ1) is 17.6. The number of rotatable bonds is 4. The van der Waals surface area contributed by atoms with Gasteiger partial charge in [-0.1, -0.05) is 0 Å². The van der Waals surface area contributed by atoms with Gasteiger partial charge in [-0.25, -0.2) is 0 Å². The molecule has 0 amide bonds. The minimum Gasteiger partial charge on any atom is -0.480 e. The summed E-state index contributed by atoms with van der Waals surface area (Å²) in [5.41, 5.74) is 5.19. The minimum atomic E-state index is -0.913. The third-order valence-electron chi connectivity index (χ3n) is 0.950. The molecule has 0 bridgehead atoms. The van der Waals surface area contributed by atoms with E-state index in [0.29, 0.717) is 6.42 Å². The Morgan fingerprint density at radius 1 is 1.73 bits per heavy atom. The van der Waals surface area contributed by atoms with E-state index in [1.165, 1.54) is 0 Å². The van der Waals surface area contributed by atoms with Crippen LogP contribution in [0.25, 0.3) is 0 Å². The minimum absolute atomic E-state index is 0. The van der Waals surface area contributed by atoms with Gasteiger partial charge in [0.2, 0.25) is 0 Å². The average molecular weight is 238 g/mol. The number of halogens is 1. The van der Waals surface area contributed by atoms with E-state index in [0.717, 1.165) is 5.75 Å². The molecule has 0 fully saturated rings. The van der Waals surface area contributed by atoms with E-state index in [1.807, 2.05) is 6.26 Å². The molecule has 3 nitrogen and oxygen atoms in total. The molecule has 0 aliphatic heterocycles. The molecule has 1 atom stereocenters. The molecule has 11 heavy (non-hydrogen) atoms. The predicted molar refractivity (Wildman–Crippen MR) is 45.9 cm³/mol. The Morgan fingerprint density at radius 3 is 2.45 bits per heavy atom. The van der Waals surface area contributed by atoms with Crippen LogP contribution in [0.1, 0.15) is 6.42 Å². The number of carboxylic acid groups (broad SMARTS) is 1. The number of nitrogens with two attached hydrogens (primary N) is 1. The molecular weight excluding hydrogens is 226 g/mol. The number of hydrogen-bond acceptors (Lipinski definition) is 3. The molecule has 68 valence electrons. The van der Waals surface area contributed by atoms with Gasteiger partial charge in [-0.3, -0.25) is 4.79 Å². The maximum Gasteiger partial charge on any atom is 0.320 e. The smallest absolute Gasteiger partial charge is 0.320 e. The van der Waals surface area contributed by atoms with E-state index < -0.39 is 12.0 Å². The van der Waals surface area contributed by atoms with Crippen LogP contribution in [0.4, 0.5) is 0 Å². The molecule has 0 spiro atoms. The van der Waals surface area contributed by atoms with Crippen LogP contribution in [-0.2, 0) is 22.2 Å². The van der Waals surface area contributed by atoms with Crippen LogP contribution in [0.2, 0.25) is 0 Å². The van der Waals surface area contributed by atoms with Gasteiger partial charge in [0, 0.05) is 17.4 Å². The van der Waals surface area contributed by atoms with Gasteiger partial charge in [0.15, 0.2) is 0 Å². The Morgan fingerprint density at radius 2 is 2.18 bits per heavy atom. The van der Waals surface area contributed by atoms with Crippen LogP contribution in [0.3, 0.4) is 0 Å². The monoisotopic (exact) mass is 237 g/mol. The molecule has 1 unspecified atom stereocenters. The summed E-state index contributed by atoms with van der Waals surface area (Å²) in [6.07, 6.45) is 2.48. The first-order valence-corrected chi connectivity index (χ1v) is 4.05. The van der Waals surface area contributed by atoms with Crippen molar-refractivity contribution in [2.75, 3.05) is 12.0 Å². The van der Waals surface area contributed by atoms with Crippen molar-refractivity contribution in [2.24, 2.45) is 5.73 Å². The normalized spacial score (nSPS) is 10.7. The van der Waals surface area contributed by atoms with Crippen LogP contribution in [0.15, 0.2) is 0 Å². The molecule has 0 aromatic rings. The van der Waals surface area contributed by atoms with Crippen molar-refractivity contribution < 1.29 is 27.3 Å². The van der Waals surface area contributed by atoms with Crippen molar-refractivity contribution in [1.82, 2.24) is 0 Å². The van der Waals surface area contributed by atoms with Gasteiger partial charge in [-0.05, 0) is 18.4 Å². The summed E-state index contributed by atoms with van der Waals surface area (Å²) in [7, 11) is 0. The standard InChI is InChI=1S/C5H11NO2S.ClH.Cr/c1-9-3-2-4(6)5(7)8;;/h4H,2-3,6H2,1H3,(H,7,8);1H;. The zero-order valence-electron chi connectivity index (χ0n) is 6.15. The molecule has 0 radical (unpaired) electrons. The second-order valence-corrected chi connectivity index (χ2v) is 2.71. The summed E-state index contributed by atoms with van der Waals surface area (Å²) >= 11 is 1.60. The fourth-order valence-electron chi connectivity index (χ4n) is 0.368. The van der Waals surface area contributed by atoms with E-state index in [-0.39, 0.29) is 29.8 Å². The topological polar surface area (TPSA) is 63.3 Å². The number of aliphatic carboxylic acids is 1. The average Bonchev–Trinajstić information content (AvgIpc) is 1.82. The van der Waals surface area contributed by atoms with Crippen molar-refractivity contribution in [3.63, 3.8) is 0 Å². The largest absolute Gasteiger partial charge is 0.480 e. The summed E-state index contributed by atoms with van der Waals surface area (Å²) in [6.45, 7) is 0. The van der Waals surface area contributed by atoms with Crippen molar-refractivity contribution in [3.05, 3.63) is 0 Å². The summed E-state index contributed by atoms with van der Waals surface area (Å²) in [6, 6.07) is -0.683. The molecule has 3 N–H and O–H groups in total. The maximum atomic E-state index is 10.1. The van der Waals surface area contributed by atoms with E-state index in [1.54, 1.807) is 11.8 Å². The third kappa shape index (κ3) is 10.6. The van der Waals surface area contributed by atoms with Crippen LogP contribution in [0, 0.1) is 0 Å². The molecule has 6 heteroatoms. The Bertz CT molecular complexity index is 106. The predicted octanol–water partition coefficient (Wildman–Crippen LogP) is 0.571. The van der Waals surface area contributed by atoms with Crippen LogP contribution >= 0.6 is 24.2 Å². The number of hydrogen-bond donors (Lipinski definition) is 2. The Labute approximate surface area is 87.6 Å². The van der Waals surface area contributed by atoms with Crippen molar-refractivity contribution >= 4 is 30.1 Å². The molecule has 0 aromatic carbocycles.